The number of hydrogen-bond donors (Lipinski definition) is 0. The molecule has 2 aliphatic heterocycles. The molecule has 0 saturated heterocycles. The van der Waals surface area contributed by atoms with Crippen molar-refractivity contribution in [3.8, 4) is 22.8 Å². The SMILES string of the molecule is COc1ccccc1C1=[N+]2C(=Cc3c4ccccc4c(-c4ccccc4OC)n3[B-]2(F)F)c2ccccc21. The van der Waals surface area contributed by atoms with Crippen molar-refractivity contribution in [1.29, 1.82) is 0 Å². The largest absolute Gasteiger partial charge is 0.737 e. The number of ether oxygens (including phenoxy) is 2. The number of hydrogen-bond acceptors (Lipinski definition) is 2. The number of para-hydroxylation sites is 2. The standard InChI is InChI=1S/C31H23BF2N2O2/c1-37-28-17-9-7-15-24(28)30-22-13-5-3-11-20(22)26-19-27-21-12-4-6-14-23(21)31(36(27)32(33,34)35(26)30)25-16-8-10-18-29(25)38-2/h3-19H,1-2H3. The van der Waals surface area contributed by atoms with Crippen molar-refractivity contribution in [2.75, 3.05) is 14.2 Å². The molecule has 5 aromatic rings. The number of benzene rings is 4. The molecule has 1 aromatic heterocycles. The Morgan fingerprint density at radius 2 is 1.16 bits per heavy atom. The average molecular weight is 504 g/mol. The monoisotopic (exact) mass is 504 g/mol. The Morgan fingerprint density at radius 3 is 1.84 bits per heavy atom. The molecular formula is C31H23BF2N2O2. The molecule has 0 unspecified atom stereocenters. The van der Waals surface area contributed by atoms with Gasteiger partial charge in [-0.05, 0) is 36.4 Å². The average Bonchev–Trinajstić information content (AvgIpc) is 3.48. The highest BCUT2D eigenvalue weighted by Crippen LogP contribution is 2.48. The van der Waals surface area contributed by atoms with Gasteiger partial charge >= 0.3 is 6.97 Å². The topological polar surface area (TPSA) is 26.4 Å². The number of rotatable bonds is 4. The van der Waals surface area contributed by atoms with Crippen LogP contribution in [0.25, 0.3) is 33.8 Å². The van der Waals surface area contributed by atoms with Crippen LogP contribution in [0.1, 0.15) is 22.4 Å². The van der Waals surface area contributed by atoms with Crippen LogP contribution in [-0.4, -0.2) is 35.9 Å². The smallest absolute Gasteiger partial charge is 0.496 e. The molecule has 0 saturated carbocycles. The summed E-state index contributed by atoms with van der Waals surface area (Å²) in [5, 5.41) is 1.52. The van der Waals surface area contributed by atoms with Gasteiger partial charge in [-0.2, -0.15) is 0 Å². The van der Waals surface area contributed by atoms with E-state index in [9.17, 15) is 0 Å². The first-order valence-corrected chi connectivity index (χ1v) is 12.5. The minimum atomic E-state index is -4.34. The highest BCUT2D eigenvalue weighted by Gasteiger charge is 2.56. The molecular weight excluding hydrogens is 481 g/mol. The highest BCUT2D eigenvalue weighted by atomic mass is 19.2. The van der Waals surface area contributed by atoms with E-state index in [1.807, 2.05) is 91.0 Å². The van der Waals surface area contributed by atoms with Crippen molar-refractivity contribution in [2.45, 2.75) is 0 Å². The van der Waals surface area contributed by atoms with Crippen LogP contribution in [0, 0.1) is 0 Å². The number of nitrogens with zero attached hydrogens (tertiary/aromatic N) is 2. The Morgan fingerprint density at radius 1 is 0.632 bits per heavy atom. The minimum absolute atomic E-state index is 0.434. The van der Waals surface area contributed by atoms with Crippen LogP contribution < -0.4 is 9.47 Å². The lowest BCUT2D eigenvalue weighted by Crippen LogP contribution is -2.50. The summed E-state index contributed by atoms with van der Waals surface area (Å²) < 4.78 is 48.3. The molecule has 7 heteroatoms. The summed E-state index contributed by atoms with van der Waals surface area (Å²) in [5.41, 5.74) is 4.58. The van der Waals surface area contributed by atoms with Crippen LogP contribution in [0.15, 0.2) is 97.1 Å². The zero-order chi connectivity index (χ0) is 26.0. The van der Waals surface area contributed by atoms with Crippen LogP contribution in [0.2, 0.25) is 0 Å². The molecule has 0 radical (unpaired) electrons. The predicted molar refractivity (Wildman–Crippen MR) is 148 cm³/mol. The van der Waals surface area contributed by atoms with E-state index in [0.717, 1.165) is 21.9 Å². The predicted octanol–water partition coefficient (Wildman–Crippen LogP) is 6.92. The fourth-order valence-electron chi connectivity index (χ4n) is 6.00. The third kappa shape index (κ3) is 2.93. The summed E-state index contributed by atoms with van der Waals surface area (Å²) in [6, 6.07) is 29.8. The van der Waals surface area contributed by atoms with Crippen molar-refractivity contribution in [3.63, 3.8) is 0 Å². The van der Waals surface area contributed by atoms with Crippen LogP contribution in [-0.2, 0) is 0 Å². The van der Waals surface area contributed by atoms with Gasteiger partial charge in [0.2, 0.25) is 0 Å². The Kier molecular flexibility index (Phi) is 4.85. The fraction of sp³-hybridized carbons (Fsp3) is 0.0645. The lowest BCUT2D eigenvalue weighted by atomic mass is 9.88. The van der Waals surface area contributed by atoms with Crippen molar-refractivity contribution in [1.82, 2.24) is 4.48 Å². The van der Waals surface area contributed by atoms with Crippen molar-refractivity contribution in [2.24, 2.45) is 0 Å². The van der Waals surface area contributed by atoms with Gasteiger partial charge in [0.25, 0.3) is 0 Å². The maximum absolute atomic E-state index is 17.3. The van der Waals surface area contributed by atoms with Gasteiger partial charge in [-0.15, -0.1) is 0 Å². The molecule has 0 spiro atoms. The first-order chi connectivity index (χ1) is 18.6. The van der Waals surface area contributed by atoms with Crippen LogP contribution in [0.5, 0.6) is 11.5 Å². The number of fused-ring (bicyclic) bond motifs is 6. The molecule has 186 valence electrons. The van der Waals surface area contributed by atoms with Gasteiger partial charge in [-0.25, -0.2) is 0 Å². The van der Waals surface area contributed by atoms with Gasteiger partial charge in [0.05, 0.1) is 30.9 Å². The molecule has 0 aliphatic carbocycles. The molecule has 0 amide bonds. The van der Waals surface area contributed by atoms with E-state index in [-0.39, 0.29) is 0 Å². The number of halogens is 2. The maximum atomic E-state index is 17.3. The zero-order valence-electron chi connectivity index (χ0n) is 20.9. The van der Waals surface area contributed by atoms with Crippen molar-refractivity contribution < 1.29 is 22.6 Å². The van der Waals surface area contributed by atoms with Gasteiger partial charge in [0.1, 0.15) is 11.5 Å². The zero-order valence-corrected chi connectivity index (χ0v) is 20.9. The van der Waals surface area contributed by atoms with Gasteiger partial charge < -0.3 is 27.1 Å². The summed E-state index contributed by atoms with van der Waals surface area (Å²) in [7, 11) is 3.13. The second-order valence-corrected chi connectivity index (χ2v) is 9.43. The summed E-state index contributed by atoms with van der Waals surface area (Å²) in [5.74, 6) is 1.08. The Bertz CT molecular complexity index is 1840. The maximum Gasteiger partial charge on any atom is 0.737 e. The van der Waals surface area contributed by atoms with Gasteiger partial charge in [-0.3, -0.25) is 0 Å². The molecule has 0 atom stereocenters. The Hall–Kier alpha value is -4.65. The first-order valence-electron chi connectivity index (χ1n) is 12.5. The summed E-state index contributed by atoms with van der Waals surface area (Å²) >= 11 is 0. The molecule has 3 heterocycles. The van der Waals surface area contributed by atoms with Crippen molar-refractivity contribution >= 4 is 35.2 Å². The third-order valence-electron chi connectivity index (χ3n) is 7.54. The van der Waals surface area contributed by atoms with E-state index < -0.39 is 6.97 Å². The van der Waals surface area contributed by atoms with Crippen molar-refractivity contribution in [3.05, 3.63) is 119 Å². The van der Waals surface area contributed by atoms with Crippen LogP contribution >= 0.6 is 0 Å². The lowest BCUT2D eigenvalue weighted by molar-refractivity contribution is -0.316. The van der Waals surface area contributed by atoms with Gasteiger partial charge in [0.15, 0.2) is 11.4 Å². The first kappa shape index (κ1) is 22.5. The summed E-state index contributed by atoms with van der Waals surface area (Å²) in [6.45, 7) is -4.34. The summed E-state index contributed by atoms with van der Waals surface area (Å²) in [6.07, 6.45) is 1.89. The number of aromatic nitrogens is 1. The van der Waals surface area contributed by atoms with Crippen LogP contribution in [0.4, 0.5) is 8.63 Å². The summed E-state index contributed by atoms with van der Waals surface area (Å²) in [4.78, 5) is 0. The van der Waals surface area contributed by atoms with Crippen LogP contribution in [0.3, 0.4) is 0 Å². The Balaban J connectivity index is 1.65. The van der Waals surface area contributed by atoms with E-state index >= 15 is 8.63 Å². The quantitative estimate of drug-likeness (QED) is 0.249. The van der Waals surface area contributed by atoms with Gasteiger partial charge in [0, 0.05) is 33.8 Å². The lowest BCUT2D eigenvalue weighted by Gasteiger charge is -2.31. The molecule has 7 rings (SSSR count). The second kappa shape index (κ2) is 8.18. The van der Waals surface area contributed by atoms with E-state index in [2.05, 4.69) is 0 Å². The normalized spacial score (nSPS) is 15.1. The second-order valence-electron chi connectivity index (χ2n) is 9.43. The van der Waals surface area contributed by atoms with Gasteiger partial charge in [-0.1, -0.05) is 60.7 Å². The molecule has 4 aromatic carbocycles. The highest BCUT2D eigenvalue weighted by molar-refractivity contribution is 6.60. The van der Waals surface area contributed by atoms with E-state index in [4.69, 9.17) is 9.47 Å². The van der Waals surface area contributed by atoms with E-state index in [1.54, 1.807) is 26.4 Å². The molecule has 4 nitrogen and oxygen atoms in total. The Labute approximate surface area is 218 Å². The third-order valence-corrected chi connectivity index (χ3v) is 7.54. The molecule has 0 N–H and O–H groups in total. The fourth-order valence-corrected chi connectivity index (χ4v) is 6.00. The molecule has 0 fully saturated rings. The van der Waals surface area contributed by atoms with E-state index in [1.165, 1.54) is 8.96 Å². The molecule has 38 heavy (non-hydrogen) atoms. The minimum Gasteiger partial charge on any atom is -0.496 e. The molecule has 0 bridgehead atoms. The van der Waals surface area contributed by atoms with E-state index in [0.29, 0.717) is 45.4 Å². The molecule has 2 aliphatic rings. The number of methoxy groups -OCH3 is 2.